The quantitative estimate of drug-likeness (QED) is 0.763. The highest BCUT2D eigenvalue weighted by Crippen LogP contribution is 2.08. The molecule has 1 rings (SSSR count). The Kier molecular flexibility index (Phi) is 5.75. The first-order valence-corrected chi connectivity index (χ1v) is 7.05. The van der Waals surface area contributed by atoms with Crippen molar-refractivity contribution in [3.05, 3.63) is 22.4 Å². The van der Waals surface area contributed by atoms with Crippen LogP contribution in [0.1, 0.15) is 11.3 Å². The lowest BCUT2D eigenvalue weighted by atomic mass is 10.2. The molecule has 1 atom stereocenters. The Labute approximate surface area is 98.4 Å². The lowest BCUT2D eigenvalue weighted by Crippen LogP contribution is -2.41. The van der Waals surface area contributed by atoms with Crippen molar-refractivity contribution in [2.45, 2.75) is 19.0 Å². The van der Waals surface area contributed by atoms with E-state index in [0.717, 1.165) is 18.7 Å². The van der Waals surface area contributed by atoms with Gasteiger partial charge < -0.3 is 11.1 Å². The van der Waals surface area contributed by atoms with Gasteiger partial charge in [-0.05, 0) is 29.9 Å². The number of carbonyl (C=O) groups excluding carboxylic acids is 1. The first kappa shape index (κ1) is 12.5. The van der Waals surface area contributed by atoms with Crippen LogP contribution in [-0.2, 0) is 11.3 Å². The van der Waals surface area contributed by atoms with Crippen LogP contribution in [0.5, 0.6) is 0 Å². The number of thioether (sulfide) groups is 1. The number of hydrogen-bond donors (Lipinski definition) is 2. The van der Waals surface area contributed by atoms with E-state index in [1.54, 1.807) is 23.1 Å². The van der Waals surface area contributed by atoms with Crippen molar-refractivity contribution in [2.75, 3.05) is 12.0 Å². The summed E-state index contributed by atoms with van der Waals surface area (Å²) in [4.78, 5) is 12.3. The van der Waals surface area contributed by atoms with Crippen LogP contribution in [0.4, 0.5) is 0 Å². The zero-order chi connectivity index (χ0) is 11.1. The molecule has 0 aliphatic heterocycles. The average Bonchev–Trinajstić information content (AvgIpc) is 2.70. The largest absolute Gasteiger partial charge is 0.368 e. The molecule has 84 valence electrons. The molecule has 15 heavy (non-hydrogen) atoms. The molecule has 0 aromatic carbocycles. The van der Waals surface area contributed by atoms with Crippen molar-refractivity contribution in [1.82, 2.24) is 5.32 Å². The molecule has 3 nitrogen and oxygen atoms in total. The molecule has 5 heteroatoms. The molecular weight excluding hydrogens is 228 g/mol. The van der Waals surface area contributed by atoms with Crippen molar-refractivity contribution in [3.63, 3.8) is 0 Å². The molecule has 0 aliphatic carbocycles. The van der Waals surface area contributed by atoms with Crippen LogP contribution in [0.3, 0.4) is 0 Å². The maximum absolute atomic E-state index is 11.1. The summed E-state index contributed by atoms with van der Waals surface area (Å²) in [5.74, 6) is 0.686. The molecule has 1 aromatic rings. The normalized spacial score (nSPS) is 12.6. The fraction of sp³-hybridized carbons (Fsp3) is 0.500. The van der Waals surface area contributed by atoms with E-state index in [1.165, 1.54) is 4.88 Å². The van der Waals surface area contributed by atoms with E-state index in [1.807, 2.05) is 23.8 Å². The molecule has 1 aromatic heterocycles. The Hall–Kier alpha value is -0.520. The topological polar surface area (TPSA) is 55.1 Å². The van der Waals surface area contributed by atoms with Gasteiger partial charge in [-0.3, -0.25) is 4.79 Å². The molecule has 1 amide bonds. The van der Waals surface area contributed by atoms with E-state index in [4.69, 9.17) is 5.73 Å². The summed E-state index contributed by atoms with van der Waals surface area (Å²) in [6, 6.07) is 3.84. The monoisotopic (exact) mass is 244 g/mol. The predicted molar refractivity (Wildman–Crippen MR) is 67.1 cm³/mol. The Morgan fingerprint density at radius 1 is 1.73 bits per heavy atom. The molecule has 0 spiro atoms. The molecule has 0 fully saturated rings. The second-order valence-electron chi connectivity index (χ2n) is 3.20. The van der Waals surface area contributed by atoms with Crippen LogP contribution in [0.15, 0.2) is 17.5 Å². The van der Waals surface area contributed by atoms with Gasteiger partial charge in [0.1, 0.15) is 0 Å². The van der Waals surface area contributed by atoms with Crippen LogP contribution in [-0.4, -0.2) is 24.0 Å². The van der Waals surface area contributed by atoms with Gasteiger partial charge in [0.05, 0.1) is 6.04 Å². The first-order chi connectivity index (χ1) is 7.24. The maximum Gasteiger partial charge on any atom is 0.234 e. The van der Waals surface area contributed by atoms with E-state index >= 15 is 0 Å². The van der Waals surface area contributed by atoms with Gasteiger partial charge in [-0.25, -0.2) is 0 Å². The summed E-state index contributed by atoms with van der Waals surface area (Å²) in [6.07, 6.45) is 2.82. The van der Waals surface area contributed by atoms with Gasteiger partial charge in [-0.1, -0.05) is 6.07 Å². The lowest BCUT2D eigenvalue weighted by molar-refractivity contribution is -0.120. The molecular formula is C10H16N2OS2. The van der Waals surface area contributed by atoms with Crippen molar-refractivity contribution in [1.29, 1.82) is 0 Å². The van der Waals surface area contributed by atoms with E-state index in [9.17, 15) is 4.79 Å². The van der Waals surface area contributed by atoms with Crippen LogP contribution in [0, 0.1) is 0 Å². The number of nitrogens with two attached hydrogens (primary N) is 1. The average molecular weight is 244 g/mol. The maximum atomic E-state index is 11.1. The SMILES string of the molecule is CSCCC(NCc1cccs1)C(N)=O. The fourth-order valence-electron chi connectivity index (χ4n) is 1.22. The van der Waals surface area contributed by atoms with Gasteiger partial charge in [0.2, 0.25) is 5.91 Å². The number of rotatable bonds is 7. The third-order valence-corrected chi connectivity index (χ3v) is 3.58. The van der Waals surface area contributed by atoms with Gasteiger partial charge in [-0.15, -0.1) is 11.3 Å². The van der Waals surface area contributed by atoms with Gasteiger partial charge >= 0.3 is 0 Å². The van der Waals surface area contributed by atoms with Crippen molar-refractivity contribution in [2.24, 2.45) is 5.73 Å². The summed E-state index contributed by atoms with van der Waals surface area (Å²) in [5, 5.41) is 5.20. The Balaban J connectivity index is 2.34. The van der Waals surface area contributed by atoms with Gasteiger partial charge in [0.25, 0.3) is 0 Å². The third kappa shape index (κ3) is 4.68. The van der Waals surface area contributed by atoms with Crippen LogP contribution >= 0.6 is 23.1 Å². The van der Waals surface area contributed by atoms with Crippen LogP contribution < -0.4 is 11.1 Å². The Morgan fingerprint density at radius 2 is 2.53 bits per heavy atom. The minimum atomic E-state index is -0.263. The van der Waals surface area contributed by atoms with E-state index < -0.39 is 0 Å². The van der Waals surface area contributed by atoms with Gasteiger partial charge in [0.15, 0.2) is 0 Å². The second-order valence-corrected chi connectivity index (χ2v) is 5.21. The first-order valence-electron chi connectivity index (χ1n) is 4.78. The number of amides is 1. The number of nitrogens with one attached hydrogen (secondary N) is 1. The fourth-order valence-corrected chi connectivity index (χ4v) is 2.34. The molecule has 3 N–H and O–H groups in total. The molecule has 0 aliphatic rings. The summed E-state index contributed by atoms with van der Waals surface area (Å²) >= 11 is 3.41. The highest BCUT2D eigenvalue weighted by atomic mass is 32.2. The highest BCUT2D eigenvalue weighted by molar-refractivity contribution is 7.98. The zero-order valence-electron chi connectivity index (χ0n) is 8.73. The highest BCUT2D eigenvalue weighted by Gasteiger charge is 2.13. The zero-order valence-corrected chi connectivity index (χ0v) is 10.4. The molecule has 0 saturated heterocycles. The standard InChI is InChI=1S/C10H16N2OS2/c1-14-6-4-9(10(11)13)12-7-8-3-2-5-15-8/h2-3,5,9,12H,4,6-7H2,1H3,(H2,11,13). The molecule has 1 unspecified atom stereocenters. The molecule has 1 heterocycles. The van der Waals surface area contributed by atoms with Crippen LogP contribution in [0.25, 0.3) is 0 Å². The Bertz CT molecular complexity index is 288. The summed E-state index contributed by atoms with van der Waals surface area (Å²) in [5.41, 5.74) is 5.31. The predicted octanol–water partition coefficient (Wildman–Crippen LogP) is 1.44. The Morgan fingerprint density at radius 3 is 3.07 bits per heavy atom. The van der Waals surface area contributed by atoms with Crippen molar-refractivity contribution in [3.8, 4) is 0 Å². The third-order valence-electron chi connectivity index (χ3n) is 2.06. The van der Waals surface area contributed by atoms with Crippen molar-refractivity contribution >= 4 is 29.0 Å². The summed E-state index contributed by atoms with van der Waals surface area (Å²) in [7, 11) is 0. The minimum Gasteiger partial charge on any atom is -0.368 e. The van der Waals surface area contributed by atoms with Crippen LogP contribution in [0.2, 0.25) is 0 Å². The minimum absolute atomic E-state index is 0.209. The van der Waals surface area contributed by atoms with Gasteiger partial charge in [0, 0.05) is 11.4 Å². The smallest absolute Gasteiger partial charge is 0.234 e. The van der Waals surface area contributed by atoms with Crippen molar-refractivity contribution < 1.29 is 4.79 Å². The number of carbonyl (C=O) groups is 1. The number of thiophene rings is 1. The van der Waals surface area contributed by atoms with Gasteiger partial charge in [-0.2, -0.15) is 11.8 Å². The lowest BCUT2D eigenvalue weighted by Gasteiger charge is -2.13. The van der Waals surface area contributed by atoms with E-state index in [-0.39, 0.29) is 11.9 Å². The summed E-state index contributed by atoms with van der Waals surface area (Å²) in [6.45, 7) is 0.722. The molecule has 0 saturated carbocycles. The van der Waals surface area contributed by atoms with E-state index in [2.05, 4.69) is 5.32 Å². The molecule has 0 bridgehead atoms. The molecule has 0 radical (unpaired) electrons. The number of hydrogen-bond acceptors (Lipinski definition) is 4. The summed E-state index contributed by atoms with van der Waals surface area (Å²) < 4.78 is 0. The van der Waals surface area contributed by atoms with E-state index in [0.29, 0.717) is 0 Å². The second kappa shape index (κ2) is 6.87. The number of primary amides is 1.